The Morgan fingerprint density at radius 1 is 1.64 bits per heavy atom. The van der Waals surface area contributed by atoms with Crippen LogP contribution in [0.25, 0.3) is 0 Å². The zero-order chi connectivity index (χ0) is 11.0. The van der Waals surface area contributed by atoms with Crippen LogP contribution < -0.4 is 0 Å². The molecule has 0 saturated carbocycles. The van der Waals surface area contributed by atoms with Gasteiger partial charge in [-0.05, 0) is 6.42 Å². The number of aliphatic hydroxyl groups excluding tert-OH is 1. The van der Waals surface area contributed by atoms with E-state index in [1.54, 1.807) is 4.90 Å². The molecular weight excluding hydrogens is 184 g/mol. The van der Waals surface area contributed by atoms with Crippen LogP contribution in [-0.2, 0) is 4.79 Å². The normalized spacial score (nSPS) is 12.4. The smallest absolute Gasteiger partial charge is 0.304 e. The first-order valence-electron chi connectivity index (χ1n) is 4.59. The van der Waals surface area contributed by atoms with Gasteiger partial charge in [0.15, 0.2) is 0 Å². The molecule has 0 radical (unpaired) electrons. The quantitative estimate of drug-likeness (QED) is 0.567. The van der Waals surface area contributed by atoms with Gasteiger partial charge in [-0.2, -0.15) is 5.26 Å². The maximum Gasteiger partial charge on any atom is 0.304 e. The number of hydrogen-bond donors (Lipinski definition) is 2. The lowest BCUT2D eigenvalue weighted by Crippen LogP contribution is -2.39. The van der Waals surface area contributed by atoms with Crippen LogP contribution in [0.3, 0.4) is 0 Å². The van der Waals surface area contributed by atoms with E-state index >= 15 is 0 Å². The minimum Gasteiger partial charge on any atom is -0.481 e. The lowest BCUT2D eigenvalue weighted by atomic mass is 10.2. The SMILES string of the molecule is CCC(CO)N(CC#N)CCC(=O)O. The van der Waals surface area contributed by atoms with Crippen molar-refractivity contribution in [1.82, 2.24) is 4.90 Å². The summed E-state index contributed by atoms with van der Waals surface area (Å²) in [6.07, 6.45) is 0.704. The number of aliphatic carboxylic acids is 1. The van der Waals surface area contributed by atoms with Crippen LogP contribution in [0.15, 0.2) is 0 Å². The second-order valence-electron chi connectivity index (χ2n) is 3.02. The molecule has 1 unspecified atom stereocenters. The van der Waals surface area contributed by atoms with Gasteiger partial charge in [0.05, 0.1) is 25.6 Å². The molecule has 0 aliphatic heterocycles. The van der Waals surface area contributed by atoms with E-state index in [4.69, 9.17) is 15.5 Å². The van der Waals surface area contributed by atoms with Gasteiger partial charge in [0.2, 0.25) is 0 Å². The van der Waals surface area contributed by atoms with Crippen LogP contribution >= 0.6 is 0 Å². The summed E-state index contributed by atoms with van der Waals surface area (Å²) in [7, 11) is 0. The topological polar surface area (TPSA) is 84.6 Å². The summed E-state index contributed by atoms with van der Waals surface area (Å²) < 4.78 is 0. The molecule has 0 aromatic rings. The molecule has 80 valence electrons. The average Bonchev–Trinajstić information content (AvgIpc) is 2.15. The molecule has 2 N–H and O–H groups in total. The van der Waals surface area contributed by atoms with Crippen molar-refractivity contribution in [3.05, 3.63) is 0 Å². The molecular formula is C9H16N2O3. The van der Waals surface area contributed by atoms with E-state index in [1.807, 2.05) is 13.0 Å². The molecule has 0 amide bonds. The van der Waals surface area contributed by atoms with Crippen molar-refractivity contribution in [3.63, 3.8) is 0 Å². The van der Waals surface area contributed by atoms with E-state index in [-0.39, 0.29) is 25.6 Å². The van der Waals surface area contributed by atoms with Crippen molar-refractivity contribution in [2.45, 2.75) is 25.8 Å². The summed E-state index contributed by atoms with van der Waals surface area (Å²) >= 11 is 0. The number of carbonyl (C=O) groups is 1. The lowest BCUT2D eigenvalue weighted by Gasteiger charge is -2.26. The highest BCUT2D eigenvalue weighted by atomic mass is 16.4. The Morgan fingerprint density at radius 2 is 2.29 bits per heavy atom. The maximum atomic E-state index is 10.3. The molecule has 0 aliphatic rings. The second-order valence-corrected chi connectivity index (χ2v) is 3.02. The molecule has 0 fully saturated rings. The molecule has 0 aromatic heterocycles. The first kappa shape index (κ1) is 12.9. The highest BCUT2D eigenvalue weighted by Crippen LogP contribution is 2.03. The minimum absolute atomic E-state index is 0.00181. The molecule has 0 bridgehead atoms. The van der Waals surface area contributed by atoms with Gasteiger partial charge >= 0.3 is 5.97 Å². The van der Waals surface area contributed by atoms with Gasteiger partial charge in [-0.15, -0.1) is 0 Å². The Labute approximate surface area is 83.6 Å². The van der Waals surface area contributed by atoms with E-state index in [1.165, 1.54) is 0 Å². The molecule has 0 spiro atoms. The summed E-state index contributed by atoms with van der Waals surface area (Å²) in [5.74, 6) is -0.888. The van der Waals surface area contributed by atoms with Crippen molar-refractivity contribution in [3.8, 4) is 6.07 Å². The predicted octanol–water partition coefficient (Wildman–Crippen LogP) is 0.0576. The summed E-state index contributed by atoms with van der Waals surface area (Å²) in [6, 6.07) is 1.85. The van der Waals surface area contributed by atoms with Gasteiger partial charge in [0, 0.05) is 12.6 Å². The van der Waals surface area contributed by atoms with Gasteiger partial charge in [0.25, 0.3) is 0 Å². The molecule has 0 aromatic carbocycles. The minimum atomic E-state index is -0.888. The van der Waals surface area contributed by atoms with Gasteiger partial charge in [-0.1, -0.05) is 6.92 Å². The Bertz CT molecular complexity index is 209. The monoisotopic (exact) mass is 200 g/mol. The molecule has 0 aliphatic carbocycles. The van der Waals surface area contributed by atoms with Crippen LogP contribution in [0.2, 0.25) is 0 Å². The van der Waals surface area contributed by atoms with E-state index in [0.717, 1.165) is 0 Å². The second kappa shape index (κ2) is 7.30. The van der Waals surface area contributed by atoms with Crippen molar-refractivity contribution in [1.29, 1.82) is 5.26 Å². The number of aliphatic hydroxyl groups is 1. The van der Waals surface area contributed by atoms with Crippen molar-refractivity contribution >= 4 is 5.97 Å². The van der Waals surface area contributed by atoms with E-state index in [9.17, 15) is 4.79 Å². The number of carboxylic acid groups (broad SMARTS) is 1. The van der Waals surface area contributed by atoms with Crippen molar-refractivity contribution in [2.75, 3.05) is 19.7 Å². The van der Waals surface area contributed by atoms with Gasteiger partial charge in [-0.25, -0.2) is 0 Å². The number of hydrogen-bond acceptors (Lipinski definition) is 4. The number of nitriles is 1. The third-order valence-electron chi connectivity index (χ3n) is 2.09. The average molecular weight is 200 g/mol. The van der Waals surface area contributed by atoms with Gasteiger partial charge < -0.3 is 10.2 Å². The largest absolute Gasteiger partial charge is 0.481 e. The third-order valence-corrected chi connectivity index (χ3v) is 2.09. The number of nitrogens with zero attached hydrogens (tertiary/aromatic N) is 2. The van der Waals surface area contributed by atoms with Crippen LogP contribution in [0, 0.1) is 11.3 Å². The molecule has 14 heavy (non-hydrogen) atoms. The molecule has 0 rings (SSSR count). The summed E-state index contributed by atoms with van der Waals surface area (Å²) in [4.78, 5) is 12.0. The fourth-order valence-corrected chi connectivity index (χ4v) is 1.22. The Morgan fingerprint density at radius 3 is 2.64 bits per heavy atom. The fourth-order valence-electron chi connectivity index (χ4n) is 1.22. The zero-order valence-corrected chi connectivity index (χ0v) is 8.31. The van der Waals surface area contributed by atoms with E-state index in [0.29, 0.717) is 13.0 Å². The maximum absolute atomic E-state index is 10.3. The van der Waals surface area contributed by atoms with Crippen LogP contribution in [-0.4, -0.2) is 46.8 Å². The molecule has 5 nitrogen and oxygen atoms in total. The highest BCUT2D eigenvalue weighted by molar-refractivity contribution is 5.66. The Kier molecular flexibility index (Phi) is 6.72. The van der Waals surface area contributed by atoms with Crippen LogP contribution in [0.5, 0.6) is 0 Å². The number of rotatable bonds is 7. The molecule has 0 saturated heterocycles. The first-order valence-corrected chi connectivity index (χ1v) is 4.59. The fraction of sp³-hybridized carbons (Fsp3) is 0.778. The number of carboxylic acids is 1. The molecule has 5 heteroatoms. The summed E-state index contributed by atoms with van der Waals surface area (Å²) in [6.45, 7) is 2.32. The summed E-state index contributed by atoms with van der Waals surface area (Å²) in [5, 5.41) is 26.0. The van der Waals surface area contributed by atoms with Crippen molar-refractivity contribution in [2.24, 2.45) is 0 Å². The van der Waals surface area contributed by atoms with Gasteiger partial charge in [0.1, 0.15) is 0 Å². The van der Waals surface area contributed by atoms with Gasteiger partial charge in [-0.3, -0.25) is 9.69 Å². The lowest BCUT2D eigenvalue weighted by molar-refractivity contribution is -0.137. The highest BCUT2D eigenvalue weighted by Gasteiger charge is 2.16. The first-order chi connectivity index (χ1) is 6.65. The summed E-state index contributed by atoms with van der Waals surface area (Å²) in [5.41, 5.74) is 0. The van der Waals surface area contributed by atoms with E-state index in [2.05, 4.69) is 0 Å². The molecule has 1 atom stereocenters. The molecule has 0 heterocycles. The van der Waals surface area contributed by atoms with Crippen LogP contribution in [0.4, 0.5) is 0 Å². The third kappa shape index (κ3) is 4.80. The standard InChI is InChI=1S/C9H16N2O3/c1-2-8(7-12)11(6-4-10)5-3-9(13)14/h8,12H,2-3,5-7H2,1H3,(H,13,14). The van der Waals surface area contributed by atoms with E-state index < -0.39 is 5.97 Å². The zero-order valence-electron chi connectivity index (χ0n) is 8.31. The Balaban J connectivity index is 4.12. The Hall–Kier alpha value is -1.12. The van der Waals surface area contributed by atoms with Crippen molar-refractivity contribution < 1.29 is 15.0 Å². The van der Waals surface area contributed by atoms with Crippen LogP contribution in [0.1, 0.15) is 19.8 Å². The predicted molar refractivity (Wildman–Crippen MR) is 50.6 cm³/mol.